The minimum Gasteiger partial charge on any atom is -0.388 e. The molecule has 2 aromatic heterocycles. The first kappa shape index (κ1) is 19.7. The molecule has 29 heavy (non-hydrogen) atoms. The van der Waals surface area contributed by atoms with Crippen molar-refractivity contribution in [3.63, 3.8) is 0 Å². The van der Waals surface area contributed by atoms with Crippen LogP contribution in [0.5, 0.6) is 0 Å². The average Bonchev–Trinajstić information content (AvgIpc) is 3.11. The van der Waals surface area contributed by atoms with Gasteiger partial charge in [-0.1, -0.05) is 30.3 Å². The number of nitrogens with zero attached hydrogens (tertiary/aromatic N) is 4. The van der Waals surface area contributed by atoms with Crippen LogP contribution in [0.15, 0.2) is 41.5 Å². The van der Waals surface area contributed by atoms with Gasteiger partial charge in [-0.15, -0.1) is 11.3 Å². The van der Waals surface area contributed by atoms with Gasteiger partial charge < -0.3 is 10.0 Å². The summed E-state index contributed by atoms with van der Waals surface area (Å²) < 4.78 is 1.98. The molecular formula is C21H24N4O3S. The Hall–Kier alpha value is -2.58. The Labute approximate surface area is 172 Å². The molecule has 1 aliphatic rings. The second-order valence-electron chi connectivity index (χ2n) is 7.65. The predicted octanol–water partition coefficient (Wildman–Crippen LogP) is 2.15. The van der Waals surface area contributed by atoms with Gasteiger partial charge in [-0.05, 0) is 31.7 Å². The van der Waals surface area contributed by atoms with Crippen molar-refractivity contribution in [2.75, 3.05) is 13.1 Å². The van der Waals surface area contributed by atoms with Gasteiger partial charge >= 0.3 is 0 Å². The van der Waals surface area contributed by atoms with Crippen LogP contribution in [0.3, 0.4) is 0 Å². The number of fused-ring (bicyclic) bond motifs is 1. The highest BCUT2D eigenvalue weighted by Gasteiger charge is 2.34. The number of hydrogen-bond acceptors (Lipinski definition) is 6. The molecule has 0 radical (unpaired) electrons. The molecule has 1 aromatic carbocycles. The smallest absolute Gasteiger partial charge is 0.273 e. The molecule has 152 valence electrons. The van der Waals surface area contributed by atoms with Crippen LogP contribution in [0.4, 0.5) is 0 Å². The fourth-order valence-electron chi connectivity index (χ4n) is 3.76. The van der Waals surface area contributed by atoms with Gasteiger partial charge in [0.1, 0.15) is 11.0 Å². The third kappa shape index (κ3) is 4.38. The Morgan fingerprint density at radius 3 is 2.69 bits per heavy atom. The zero-order valence-corrected chi connectivity index (χ0v) is 17.2. The second kappa shape index (κ2) is 8.04. The van der Waals surface area contributed by atoms with Gasteiger partial charge in [-0.3, -0.25) is 14.2 Å². The number of aromatic nitrogens is 3. The van der Waals surface area contributed by atoms with Crippen LogP contribution in [0, 0.1) is 6.92 Å². The van der Waals surface area contributed by atoms with Crippen LogP contribution in [0.25, 0.3) is 10.3 Å². The molecule has 7 nitrogen and oxygen atoms in total. The number of aryl methyl sites for hydroxylation is 2. The molecule has 0 unspecified atom stereocenters. The van der Waals surface area contributed by atoms with Gasteiger partial charge in [0.15, 0.2) is 5.65 Å². The maximum Gasteiger partial charge on any atom is 0.273 e. The minimum atomic E-state index is -1.02. The number of piperidine rings is 1. The SMILES string of the molecule is Cc1nc2ncn(CC3(O)CCN(C(=O)CCc4ccccc4)CC3)c(=O)c2s1. The first-order chi connectivity index (χ1) is 13.9. The van der Waals surface area contributed by atoms with E-state index in [-0.39, 0.29) is 18.0 Å². The van der Waals surface area contributed by atoms with E-state index in [2.05, 4.69) is 9.97 Å². The lowest BCUT2D eigenvalue weighted by atomic mass is 9.91. The van der Waals surface area contributed by atoms with Gasteiger partial charge in [0.25, 0.3) is 5.56 Å². The fourth-order valence-corrected chi connectivity index (χ4v) is 4.59. The summed E-state index contributed by atoms with van der Waals surface area (Å²) in [6.45, 7) is 3.01. The first-order valence-electron chi connectivity index (χ1n) is 9.80. The third-order valence-corrected chi connectivity index (χ3v) is 6.42. The molecule has 1 aliphatic heterocycles. The van der Waals surface area contributed by atoms with E-state index in [0.717, 1.165) is 17.0 Å². The number of likely N-dealkylation sites (tertiary alicyclic amines) is 1. The molecule has 0 bridgehead atoms. The van der Waals surface area contributed by atoms with Crippen molar-refractivity contribution in [1.29, 1.82) is 0 Å². The van der Waals surface area contributed by atoms with E-state index >= 15 is 0 Å². The van der Waals surface area contributed by atoms with E-state index in [1.807, 2.05) is 42.2 Å². The summed E-state index contributed by atoms with van der Waals surface area (Å²) in [5.74, 6) is 0.108. The Morgan fingerprint density at radius 1 is 1.24 bits per heavy atom. The number of amides is 1. The Balaban J connectivity index is 1.36. The lowest BCUT2D eigenvalue weighted by Crippen LogP contribution is -2.49. The van der Waals surface area contributed by atoms with Crippen LogP contribution in [-0.2, 0) is 17.8 Å². The summed E-state index contributed by atoms with van der Waals surface area (Å²) in [7, 11) is 0. The average molecular weight is 413 g/mol. The topological polar surface area (TPSA) is 88.3 Å². The number of hydrogen-bond donors (Lipinski definition) is 1. The van der Waals surface area contributed by atoms with Crippen LogP contribution in [-0.4, -0.2) is 49.1 Å². The second-order valence-corrected chi connectivity index (χ2v) is 8.86. The number of carbonyl (C=O) groups excluding carboxylic acids is 1. The van der Waals surface area contributed by atoms with Crippen molar-refractivity contribution in [3.05, 3.63) is 57.6 Å². The van der Waals surface area contributed by atoms with E-state index < -0.39 is 5.60 Å². The van der Waals surface area contributed by atoms with Crippen molar-refractivity contribution in [1.82, 2.24) is 19.4 Å². The highest BCUT2D eigenvalue weighted by atomic mass is 32.1. The van der Waals surface area contributed by atoms with E-state index in [1.54, 1.807) is 0 Å². The normalized spacial score (nSPS) is 16.3. The van der Waals surface area contributed by atoms with E-state index in [9.17, 15) is 14.7 Å². The monoisotopic (exact) mass is 412 g/mol. The van der Waals surface area contributed by atoms with E-state index in [1.165, 1.54) is 22.2 Å². The van der Waals surface area contributed by atoms with Crippen LogP contribution < -0.4 is 5.56 Å². The quantitative estimate of drug-likeness (QED) is 0.694. The molecule has 3 aromatic rings. The first-order valence-corrected chi connectivity index (χ1v) is 10.6. The summed E-state index contributed by atoms with van der Waals surface area (Å²) in [5, 5.41) is 11.8. The molecule has 0 atom stereocenters. The van der Waals surface area contributed by atoms with Crippen molar-refractivity contribution in [2.24, 2.45) is 0 Å². The van der Waals surface area contributed by atoms with Gasteiger partial charge in [0.05, 0.1) is 17.2 Å². The van der Waals surface area contributed by atoms with Crippen LogP contribution in [0.1, 0.15) is 29.8 Å². The van der Waals surface area contributed by atoms with Gasteiger partial charge in [-0.25, -0.2) is 9.97 Å². The minimum absolute atomic E-state index is 0.108. The van der Waals surface area contributed by atoms with Crippen molar-refractivity contribution in [2.45, 2.75) is 44.8 Å². The van der Waals surface area contributed by atoms with Crippen LogP contribution >= 0.6 is 11.3 Å². The molecule has 1 amide bonds. The molecule has 4 rings (SSSR count). The summed E-state index contributed by atoms with van der Waals surface area (Å²) >= 11 is 1.32. The van der Waals surface area contributed by atoms with Gasteiger partial charge in [0, 0.05) is 19.5 Å². The molecule has 8 heteroatoms. The predicted molar refractivity (Wildman–Crippen MR) is 112 cm³/mol. The zero-order chi connectivity index (χ0) is 20.4. The van der Waals surface area contributed by atoms with Gasteiger partial charge in [0.2, 0.25) is 5.91 Å². The van der Waals surface area contributed by atoms with Crippen LogP contribution in [0.2, 0.25) is 0 Å². The van der Waals surface area contributed by atoms with E-state index in [4.69, 9.17) is 0 Å². The summed E-state index contributed by atoms with van der Waals surface area (Å²) in [4.78, 5) is 35.5. The number of benzene rings is 1. The fraction of sp³-hybridized carbons (Fsp3) is 0.429. The molecule has 0 saturated carbocycles. The summed E-state index contributed by atoms with van der Waals surface area (Å²) in [6.07, 6.45) is 3.52. The summed E-state index contributed by atoms with van der Waals surface area (Å²) in [6, 6.07) is 9.96. The standard InChI is InChI=1S/C21H24N4O3S/c1-15-23-19-18(29-15)20(27)25(14-22-19)13-21(28)9-11-24(12-10-21)17(26)8-7-16-5-3-2-4-6-16/h2-6,14,28H,7-13H2,1H3. The lowest BCUT2D eigenvalue weighted by Gasteiger charge is -2.38. The molecule has 1 saturated heterocycles. The molecule has 0 aliphatic carbocycles. The maximum absolute atomic E-state index is 12.7. The number of aliphatic hydroxyl groups is 1. The van der Waals surface area contributed by atoms with E-state index in [0.29, 0.717) is 42.7 Å². The number of thiazole rings is 1. The summed E-state index contributed by atoms with van der Waals surface area (Å²) in [5.41, 5.74) is 0.416. The highest BCUT2D eigenvalue weighted by molar-refractivity contribution is 7.18. The third-order valence-electron chi connectivity index (χ3n) is 5.47. The molecule has 1 fully saturated rings. The van der Waals surface area contributed by atoms with Gasteiger partial charge in [-0.2, -0.15) is 0 Å². The highest BCUT2D eigenvalue weighted by Crippen LogP contribution is 2.25. The van der Waals surface area contributed by atoms with Crippen molar-refractivity contribution in [3.8, 4) is 0 Å². The van der Waals surface area contributed by atoms with Crippen molar-refractivity contribution < 1.29 is 9.90 Å². The molecule has 3 heterocycles. The van der Waals surface area contributed by atoms with Crippen molar-refractivity contribution >= 4 is 27.6 Å². The number of rotatable bonds is 5. The molecular weight excluding hydrogens is 388 g/mol. The molecule has 0 spiro atoms. The Kier molecular flexibility index (Phi) is 5.47. The Bertz CT molecular complexity index is 1070. The number of carbonyl (C=O) groups is 1. The lowest BCUT2D eigenvalue weighted by molar-refractivity contribution is -0.135. The zero-order valence-electron chi connectivity index (χ0n) is 16.4. The Morgan fingerprint density at radius 2 is 1.97 bits per heavy atom. The largest absolute Gasteiger partial charge is 0.388 e. The molecule has 1 N–H and O–H groups in total. The maximum atomic E-state index is 12.7.